The number of ether oxygens (including phenoxy) is 1. The Labute approximate surface area is 143 Å². The number of hydrogen-bond donors (Lipinski definition) is 1. The van der Waals surface area contributed by atoms with E-state index < -0.39 is 0 Å². The summed E-state index contributed by atoms with van der Waals surface area (Å²) in [6.45, 7) is 1.82. The minimum Gasteiger partial charge on any atom is -0.497 e. The lowest BCUT2D eigenvalue weighted by Crippen LogP contribution is -2.28. The molecule has 0 fully saturated rings. The summed E-state index contributed by atoms with van der Waals surface area (Å²) in [6, 6.07) is 18.6. The molecule has 0 aliphatic rings. The van der Waals surface area contributed by atoms with E-state index >= 15 is 0 Å². The second-order valence-corrected chi connectivity index (χ2v) is 5.81. The Hall–Kier alpha value is -2.59. The molecule has 1 heterocycles. The zero-order chi connectivity index (χ0) is 16.9. The molecule has 4 nitrogen and oxygen atoms in total. The van der Waals surface area contributed by atoms with Crippen LogP contribution in [0.5, 0.6) is 5.75 Å². The summed E-state index contributed by atoms with van der Waals surface area (Å²) in [6.07, 6.45) is 0. The van der Waals surface area contributed by atoms with Crippen molar-refractivity contribution >= 4 is 16.6 Å². The maximum atomic E-state index is 5.25. The third-order valence-electron chi connectivity index (χ3n) is 4.16. The van der Waals surface area contributed by atoms with E-state index in [-0.39, 0.29) is 0 Å². The number of pyridine rings is 1. The SMILES string of the molecule is CNCCN(C)c1nc(-c2ccc(OC)cc2)cc2ccccc12. The number of likely N-dealkylation sites (N-methyl/N-ethyl adjacent to an activating group) is 2. The molecule has 0 unspecified atom stereocenters. The second kappa shape index (κ2) is 7.32. The summed E-state index contributed by atoms with van der Waals surface area (Å²) >= 11 is 0. The third kappa shape index (κ3) is 3.34. The van der Waals surface area contributed by atoms with Crippen LogP contribution in [0.3, 0.4) is 0 Å². The van der Waals surface area contributed by atoms with Gasteiger partial charge in [0.05, 0.1) is 12.8 Å². The number of benzene rings is 2. The van der Waals surface area contributed by atoms with Crippen molar-refractivity contribution in [3.05, 3.63) is 54.6 Å². The van der Waals surface area contributed by atoms with E-state index in [1.807, 2.05) is 31.3 Å². The van der Waals surface area contributed by atoms with Crippen molar-refractivity contribution in [3.63, 3.8) is 0 Å². The van der Waals surface area contributed by atoms with Crippen molar-refractivity contribution in [2.24, 2.45) is 0 Å². The zero-order valence-electron chi connectivity index (χ0n) is 14.4. The van der Waals surface area contributed by atoms with Gasteiger partial charge >= 0.3 is 0 Å². The lowest BCUT2D eigenvalue weighted by atomic mass is 10.1. The quantitative estimate of drug-likeness (QED) is 0.753. The van der Waals surface area contributed by atoms with Gasteiger partial charge in [0, 0.05) is 31.1 Å². The second-order valence-electron chi connectivity index (χ2n) is 5.81. The van der Waals surface area contributed by atoms with E-state index in [1.54, 1.807) is 7.11 Å². The Morgan fingerprint density at radius 2 is 1.83 bits per heavy atom. The molecule has 0 bridgehead atoms. The van der Waals surface area contributed by atoms with Crippen molar-refractivity contribution in [1.29, 1.82) is 0 Å². The lowest BCUT2D eigenvalue weighted by Gasteiger charge is -2.21. The number of aromatic nitrogens is 1. The minimum absolute atomic E-state index is 0.853. The molecule has 24 heavy (non-hydrogen) atoms. The van der Waals surface area contributed by atoms with Crippen LogP contribution in [0.4, 0.5) is 5.82 Å². The standard InChI is InChI=1S/C20H23N3O/c1-21-12-13-23(2)20-18-7-5-4-6-16(18)14-19(22-20)15-8-10-17(24-3)11-9-15/h4-11,14,21H,12-13H2,1-3H3. The van der Waals surface area contributed by atoms with Gasteiger partial charge in [-0.15, -0.1) is 0 Å². The smallest absolute Gasteiger partial charge is 0.136 e. The first-order chi connectivity index (χ1) is 11.7. The van der Waals surface area contributed by atoms with Crippen LogP contribution in [0.15, 0.2) is 54.6 Å². The molecule has 124 valence electrons. The molecule has 2 aromatic carbocycles. The summed E-state index contributed by atoms with van der Waals surface area (Å²) in [5, 5.41) is 5.57. The number of anilines is 1. The summed E-state index contributed by atoms with van der Waals surface area (Å²) in [5.41, 5.74) is 2.06. The van der Waals surface area contributed by atoms with Gasteiger partial charge in [-0.25, -0.2) is 4.98 Å². The molecular formula is C20H23N3O. The molecule has 0 atom stereocenters. The lowest BCUT2D eigenvalue weighted by molar-refractivity contribution is 0.415. The zero-order valence-corrected chi connectivity index (χ0v) is 14.4. The van der Waals surface area contributed by atoms with Gasteiger partial charge in [0.25, 0.3) is 0 Å². The first-order valence-corrected chi connectivity index (χ1v) is 8.13. The van der Waals surface area contributed by atoms with Crippen molar-refractivity contribution in [1.82, 2.24) is 10.3 Å². The fraction of sp³-hybridized carbons (Fsp3) is 0.250. The van der Waals surface area contributed by atoms with Crippen molar-refractivity contribution < 1.29 is 4.74 Å². The number of hydrogen-bond acceptors (Lipinski definition) is 4. The van der Waals surface area contributed by atoms with Crippen LogP contribution in [0, 0.1) is 0 Å². The van der Waals surface area contributed by atoms with Gasteiger partial charge in [0.2, 0.25) is 0 Å². The fourth-order valence-corrected chi connectivity index (χ4v) is 2.77. The Morgan fingerprint density at radius 3 is 2.54 bits per heavy atom. The van der Waals surface area contributed by atoms with Crippen LogP contribution >= 0.6 is 0 Å². The number of nitrogens with one attached hydrogen (secondary N) is 1. The van der Waals surface area contributed by atoms with Crippen molar-refractivity contribution in [2.45, 2.75) is 0 Å². The molecule has 0 aliphatic heterocycles. The van der Waals surface area contributed by atoms with E-state index in [0.717, 1.165) is 35.9 Å². The summed E-state index contributed by atoms with van der Waals surface area (Å²) in [7, 11) is 5.73. The first kappa shape index (κ1) is 16.3. The van der Waals surface area contributed by atoms with E-state index in [1.165, 1.54) is 10.8 Å². The summed E-state index contributed by atoms with van der Waals surface area (Å²) < 4.78 is 5.25. The van der Waals surface area contributed by atoms with Gasteiger partial charge in [0.15, 0.2) is 0 Å². The van der Waals surface area contributed by atoms with Crippen molar-refractivity contribution in [2.75, 3.05) is 39.2 Å². The van der Waals surface area contributed by atoms with E-state index in [4.69, 9.17) is 9.72 Å². The van der Waals surface area contributed by atoms with E-state index in [9.17, 15) is 0 Å². The number of rotatable bonds is 6. The van der Waals surface area contributed by atoms with Crippen LogP contribution in [0.1, 0.15) is 0 Å². The molecule has 3 rings (SSSR count). The molecule has 1 aromatic heterocycles. The van der Waals surface area contributed by atoms with Crippen LogP contribution in [-0.2, 0) is 0 Å². The van der Waals surface area contributed by atoms with Gasteiger partial charge < -0.3 is 15.0 Å². The largest absolute Gasteiger partial charge is 0.497 e. The molecular weight excluding hydrogens is 298 g/mol. The van der Waals surface area contributed by atoms with Gasteiger partial charge in [-0.2, -0.15) is 0 Å². The van der Waals surface area contributed by atoms with E-state index in [0.29, 0.717) is 0 Å². The molecule has 0 spiro atoms. The Bertz CT molecular complexity index is 815. The molecule has 1 N–H and O–H groups in total. The molecule has 0 radical (unpaired) electrons. The van der Waals surface area contributed by atoms with Crippen LogP contribution < -0.4 is 15.0 Å². The Morgan fingerprint density at radius 1 is 1.08 bits per heavy atom. The normalized spacial score (nSPS) is 10.8. The number of nitrogens with zero attached hydrogens (tertiary/aromatic N) is 2. The Kier molecular flexibility index (Phi) is 4.96. The average Bonchev–Trinajstić information content (AvgIpc) is 2.65. The van der Waals surface area contributed by atoms with Gasteiger partial charge in [-0.1, -0.05) is 24.3 Å². The first-order valence-electron chi connectivity index (χ1n) is 8.13. The number of methoxy groups -OCH3 is 1. The molecule has 4 heteroatoms. The fourth-order valence-electron chi connectivity index (χ4n) is 2.77. The molecule has 0 saturated heterocycles. The Balaban J connectivity index is 2.08. The summed E-state index contributed by atoms with van der Waals surface area (Å²) in [5.74, 6) is 1.86. The van der Waals surface area contributed by atoms with Crippen LogP contribution in [0.25, 0.3) is 22.0 Å². The topological polar surface area (TPSA) is 37.4 Å². The van der Waals surface area contributed by atoms with Crippen molar-refractivity contribution in [3.8, 4) is 17.0 Å². The van der Waals surface area contributed by atoms with Gasteiger partial charge in [-0.05, 0) is 42.8 Å². The maximum absolute atomic E-state index is 5.25. The average molecular weight is 321 g/mol. The van der Waals surface area contributed by atoms with Crippen LogP contribution in [-0.4, -0.2) is 39.3 Å². The highest BCUT2D eigenvalue weighted by Crippen LogP contribution is 2.30. The van der Waals surface area contributed by atoms with Crippen LogP contribution in [0.2, 0.25) is 0 Å². The maximum Gasteiger partial charge on any atom is 0.136 e. The molecule has 3 aromatic rings. The highest BCUT2D eigenvalue weighted by Gasteiger charge is 2.11. The third-order valence-corrected chi connectivity index (χ3v) is 4.16. The molecule has 0 aliphatic carbocycles. The molecule has 0 amide bonds. The van der Waals surface area contributed by atoms with Gasteiger partial charge in [0.1, 0.15) is 11.6 Å². The summed E-state index contributed by atoms with van der Waals surface area (Å²) in [4.78, 5) is 7.14. The predicted molar refractivity (Wildman–Crippen MR) is 101 cm³/mol. The van der Waals surface area contributed by atoms with Gasteiger partial charge in [-0.3, -0.25) is 0 Å². The highest BCUT2D eigenvalue weighted by atomic mass is 16.5. The monoisotopic (exact) mass is 321 g/mol. The predicted octanol–water partition coefficient (Wildman–Crippen LogP) is 3.57. The number of fused-ring (bicyclic) bond motifs is 1. The highest BCUT2D eigenvalue weighted by molar-refractivity contribution is 5.94. The minimum atomic E-state index is 0.853. The molecule has 0 saturated carbocycles. The van der Waals surface area contributed by atoms with E-state index in [2.05, 4.69) is 47.6 Å².